The van der Waals surface area contributed by atoms with Gasteiger partial charge in [0.05, 0.1) is 0 Å². The Bertz CT molecular complexity index is 805. The van der Waals surface area contributed by atoms with E-state index in [1.165, 1.54) is 0 Å². The first-order chi connectivity index (χ1) is 10.6. The van der Waals surface area contributed by atoms with Gasteiger partial charge in [0, 0.05) is 16.8 Å². The number of aryl methyl sites for hydroxylation is 1. The van der Waals surface area contributed by atoms with E-state index >= 15 is 0 Å². The lowest BCUT2D eigenvalue weighted by Crippen LogP contribution is -2.02. The van der Waals surface area contributed by atoms with E-state index in [4.69, 9.17) is 5.73 Å². The maximum Gasteiger partial charge on any atom is 0.193 e. The second-order valence-corrected chi connectivity index (χ2v) is 5.34. The number of ketones is 1. The summed E-state index contributed by atoms with van der Waals surface area (Å²) in [5, 5.41) is 0. The number of benzene rings is 3. The summed E-state index contributed by atoms with van der Waals surface area (Å²) in [4.78, 5) is 12.5. The number of rotatable bonds is 3. The predicted molar refractivity (Wildman–Crippen MR) is 90.9 cm³/mol. The molecule has 3 rings (SSSR count). The van der Waals surface area contributed by atoms with Crippen LogP contribution in [0, 0.1) is 6.92 Å². The van der Waals surface area contributed by atoms with Crippen LogP contribution in [-0.4, -0.2) is 5.78 Å². The summed E-state index contributed by atoms with van der Waals surface area (Å²) >= 11 is 0. The van der Waals surface area contributed by atoms with Crippen LogP contribution in [0.5, 0.6) is 0 Å². The van der Waals surface area contributed by atoms with Crippen molar-refractivity contribution in [2.45, 2.75) is 6.92 Å². The summed E-state index contributed by atoms with van der Waals surface area (Å²) < 4.78 is 0. The third kappa shape index (κ3) is 2.77. The minimum absolute atomic E-state index is 0.00804. The van der Waals surface area contributed by atoms with Crippen molar-refractivity contribution in [3.05, 3.63) is 89.5 Å². The molecule has 2 N–H and O–H groups in total. The smallest absolute Gasteiger partial charge is 0.193 e. The van der Waals surface area contributed by atoms with Gasteiger partial charge in [0.25, 0.3) is 0 Å². The largest absolute Gasteiger partial charge is 0.398 e. The summed E-state index contributed by atoms with van der Waals surface area (Å²) in [7, 11) is 0. The lowest BCUT2D eigenvalue weighted by Gasteiger charge is -2.06. The average molecular weight is 287 g/mol. The molecule has 0 fully saturated rings. The van der Waals surface area contributed by atoms with E-state index in [9.17, 15) is 4.79 Å². The van der Waals surface area contributed by atoms with Crippen LogP contribution in [0.15, 0.2) is 72.8 Å². The molecule has 0 radical (unpaired) electrons. The van der Waals surface area contributed by atoms with Crippen LogP contribution in [0.1, 0.15) is 21.5 Å². The van der Waals surface area contributed by atoms with Crippen LogP contribution < -0.4 is 5.73 Å². The van der Waals surface area contributed by atoms with Gasteiger partial charge in [-0.3, -0.25) is 4.79 Å². The van der Waals surface area contributed by atoms with Gasteiger partial charge in [-0.1, -0.05) is 66.7 Å². The summed E-state index contributed by atoms with van der Waals surface area (Å²) in [6.07, 6.45) is 0. The number of nitrogens with two attached hydrogens (primary N) is 1. The van der Waals surface area contributed by atoms with Crippen molar-refractivity contribution in [3.63, 3.8) is 0 Å². The number of carbonyl (C=O) groups is 1. The van der Waals surface area contributed by atoms with Crippen molar-refractivity contribution in [1.82, 2.24) is 0 Å². The molecule has 2 nitrogen and oxygen atoms in total. The topological polar surface area (TPSA) is 43.1 Å². The van der Waals surface area contributed by atoms with E-state index in [1.807, 2.05) is 61.5 Å². The van der Waals surface area contributed by atoms with Gasteiger partial charge >= 0.3 is 0 Å². The molecule has 0 aliphatic rings. The number of carbonyl (C=O) groups excluding carboxylic acids is 1. The van der Waals surface area contributed by atoms with Crippen LogP contribution in [0.25, 0.3) is 11.1 Å². The summed E-state index contributed by atoms with van der Waals surface area (Å²) in [5.41, 5.74) is 11.0. The quantitative estimate of drug-likeness (QED) is 0.570. The van der Waals surface area contributed by atoms with Crippen LogP contribution in [0.4, 0.5) is 5.69 Å². The molecule has 3 aromatic carbocycles. The van der Waals surface area contributed by atoms with Gasteiger partial charge in [-0.15, -0.1) is 0 Å². The SMILES string of the molecule is Cc1ccc(C(=O)c2ccc(-c3ccccc3)cc2)cc1N. The Morgan fingerprint density at radius 3 is 2.00 bits per heavy atom. The van der Waals surface area contributed by atoms with E-state index in [-0.39, 0.29) is 5.78 Å². The molecule has 0 amide bonds. The fourth-order valence-corrected chi connectivity index (χ4v) is 2.39. The summed E-state index contributed by atoms with van der Waals surface area (Å²) in [6, 6.07) is 23.2. The third-order valence-corrected chi connectivity index (χ3v) is 3.80. The normalized spacial score (nSPS) is 10.4. The lowest BCUT2D eigenvalue weighted by molar-refractivity contribution is 0.103. The van der Waals surface area contributed by atoms with Gasteiger partial charge in [0.15, 0.2) is 5.78 Å². The molecule has 0 aromatic heterocycles. The van der Waals surface area contributed by atoms with Crippen LogP contribution >= 0.6 is 0 Å². The minimum Gasteiger partial charge on any atom is -0.398 e. The molecule has 0 saturated heterocycles. The first-order valence-corrected chi connectivity index (χ1v) is 7.21. The Balaban J connectivity index is 1.89. The molecule has 3 aromatic rings. The molecule has 0 unspecified atom stereocenters. The zero-order valence-electron chi connectivity index (χ0n) is 12.4. The Kier molecular flexibility index (Phi) is 3.75. The highest BCUT2D eigenvalue weighted by Gasteiger charge is 2.10. The highest BCUT2D eigenvalue weighted by Crippen LogP contribution is 2.21. The van der Waals surface area contributed by atoms with E-state index in [2.05, 4.69) is 12.1 Å². The van der Waals surface area contributed by atoms with Crippen molar-refractivity contribution in [2.75, 3.05) is 5.73 Å². The molecular formula is C20H17NO. The summed E-state index contributed by atoms with van der Waals surface area (Å²) in [6.45, 7) is 1.93. The van der Waals surface area contributed by atoms with E-state index in [0.717, 1.165) is 16.7 Å². The highest BCUT2D eigenvalue weighted by molar-refractivity contribution is 6.09. The van der Waals surface area contributed by atoms with Crippen molar-refractivity contribution < 1.29 is 4.79 Å². The molecule has 22 heavy (non-hydrogen) atoms. The van der Waals surface area contributed by atoms with Crippen molar-refractivity contribution in [1.29, 1.82) is 0 Å². The fourth-order valence-electron chi connectivity index (χ4n) is 2.39. The van der Waals surface area contributed by atoms with Gasteiger partial charge in [-0.2, -0.15) is 0 Å². The molecule has 0 aliphatic carbocycles. The monoisotopic (exact) mass is 287 g/mol. The summed E-state index contributed by atoms with van der Waals surface area (Å²) in [5.74, 6) is -0.00804. The number of anilines is 1. The Morgan fingerprint density at radius 1 is 0.773 bits per heavy atom. The van der Waals surface area contributed by atoms with Crippen molar-refractivity contribution >= 4 is 11.5 Å². The molecule has 2 heteroatoms. The maximum absolute atomic E-state index is 12.5. The molecule has 108 valence electrons. The predicted octanol–water partition coefficient (Wildman–Crippen LogP) is 4.48. The Hall–Kier alpha value is -2.87. The Labute approximate surface area is 130 Å². The molecule has 0 bridgehead atoms. The zero-order chi connectivity index (χ0) is 15.5. The standard InChI is InChI=1S/C20H17NO/c1-14-7-8-18(13-19(14)21)20(22)17-11-9-16(10-12-17)15-5-3-2-4-6-15/h2-13H,21H2,1H3. The number of hydrogen-bond acceptors (Lipinski definition) is 2. The lowest BCUT2D eigenvalue weighted by atomic mass is 9.98. The molecular weight excluding hydrogens is 270 g/mol. The minimum atomic E-state index is -0.00804. The van der Waals surface area contributed by atoms with Gasteiger partial charge in [0.2, 0.25) is 0 Å². The number of nitrogen functional groups attached to an aromatic ring is 1. The van der Waals surface area contributed by atoms with Crippen LogP contribution in [0.3, 0.4) is 0 Å². The van der Waals surface area contributed by atoms with Gasteiger partial charge in [0.1, 0.15) is 0 Å². The number of hydrogen-bond donors (Lipinski definition) is 1. The van der Waals surface area contributed by atoms with Crippen LogP contribution in [-0.2, 0) is 0 Å². The molecule has 0 aliphatic heterocycles. The van der Waals surface area contributed by atoms with Crippen LogP contribution in [0.2, 0.25) is 0 Å². The zero-order valence-corrected chi connectivity index (χ0v) is 12.4. The third-order valence-electron chi connectivity index (χ3n) is 3.80. The molecule has 0 atom stereocenters. The second-order valence-electron chi connectivity index (χ2n) is 5.34. The molecule has 0 spiro atoms. The van der Waals surface area contributed by atoms with Gasteiger partial charge < -0.3 is 5.73 Å². The first kappa shape index (κ1) is 14.1. The fraction of sp³-hybridized carbons (Fsp3) is 0.0500. The van der Waals surface area contributed by atoms with E-state index in [1.54, 1.807) is 6.07 Å². The average Bonchev–Trinajstić information content (AvgIpc) is 2.58. The maximum atomic E-state index is 12.5. The first-order valence-electron chi connectivity index (χ1n) is 7.21. The van der Waals surface area contributed by atoms with Gasteiger partial charge in [-0.05, 0) is 29.7 Å². The van der Waals surface area contributed by atoms with E-state index in [0.29, 0.717) is 16.8 Å². The highest BCUT2D eigenvalue weighted by atomic mass is 16.1. The van der Waals surface area contributed by atoms with E-state index < -0.39 is 0 Å². The van der Waals surface area contributed by atoms with Gasteiger partial charge in [-0.25, -0.2) is 0 Å². The second kappa shape index (κ2) is 5.86. The van der Waals surface area contributed by atoms with Crippen molar-refractivity contribution in [3.8, 4) is 11.1 Å². The molecule has 0 heterocycles. The molecule has 0 saturated carbocycles. The van der Waals surface area contributed by atoms with Crippen molar-refractivity contribution in [2.24, 2.45) is 0 Å². The Morgan fingerprint density at radius 2 is 1.36 bits per heavy atom.